The zero-order chi connectivity index (χ0) is 12.4. The van der Waals surface area contributed by atoms with Crippen molar-refractivity contribution in [2.24, 2.45) is 5.92 Å². The Balaban J connectivity index is 3.48. The van der Waals surface area contributed by atoms with Crippen LogP contribution in [0.25, 0.3) is 0 Å². The van der Waals surface area contributed by atoms with Gasteiger partial charge in [0, 0.05) is 32.7 Å². The first-order chi connectivity index (χ1) is 7.60. The fourth-order valence-corrected chi connectivity index (χ4v) is 1.61. The van der Waals surface area contributed by atoms with E-state index >= 15 is 0 Å². The molecule has 0 spiro atoms. The minimum absolute atomic E-state index is 0.821. The SMILES string of the molecule is CCC(C)CN(CC)CCNCCN(C)C. The van der Waals surface area contributed by atoms with Gasteiger partial charge in [0.05, 0.1) is 0 Å². The molecule has 0 aromatic rings. The molecule has 3 heteroatoms. The normalized spacial score (nSPS) is 13.7. The van der Waals surface area contributed by atoms with Crippen LogP contribution in [0.4, 0.5) is 0 Å². The van der Waals surface area contributed by atoms with Gasteiger partial charge >= 0.3 is 0 Å². The molecule has 0 amide bonds. The van der Waals surface area contributed by atoms with Crippen LogP contribution in [0, 0.1) is 5.92 Å². The third-order valence-corrected chi connectivity index (χ3v) is 3.05. The van der Waals surface area contributed by atoms with Gasteiger partial charge in [-0.1, -0.05) is 27.2 Å². The average Bonchev–Trinajstić information content (AvgIpc) is 2.26. The topological polar surface area (TPSA) is 18.5 Å². The molecule has 1 atom stereocenters. The Morgan fingerprint density at radius 3 is 2.19 bits per heavy atom. The number of nitrogens with one attached hydrogen (secondary N) is 1. The highest BCUT2D eigenvalue weighted by molar-refractivity contribution is 4.62. The Morgan fingerprint density at radius 2 is 1.69 bits per heavy atom. The Morgan fingerprint density at radius 1 is 1.06 bits per heavy atom. The van der Waals surface area contributed by atoms with Crippen molar-refractivity contribution >= 4 is 0 Å². The van der Waals surface area contributed by atoms with Crippen LogP contribution in [0.5, 0.6) is 0 Å². The third-order valence-electron chi connectivity index (χ3n) is 3.05. The smallest absolute Gasteiger partial charge is 0.0107 e. The maximum absolute atomic E-state index is 3.49. The van der Waals surface area contributed by atoms with Gasteiger partial charge in [0.15, 0.2) is 0 Å². The summed E-state index contributed by atoms with van der Waals surface area (Å²) < 4.78 is 0. The summed E-state index contributed by atoms with van der Waals surface area (Å²) in [5, 5.41) is 3.49. The molecule has 0 saturated heterocycles. The second-order valence-electron chi connectivity index (χ2n) is 4.96. The van der Waals surface area contributed by atoms with Crippen molar-refractivity contribution in [2.75, 3.05) is 53.4 Å². The van der Waals surface area contributed by atoms with Gasteiger partial charge in [0.2, 0.25) is 0 Å². The minimum atomic E-state index is 0.821. The van der Waals surface area contributed by atoms with Gasteiger partial charge < -0.3 is 15.1 Å². The average molecular weight is 229 g/mol. The quantitative estimate of drug-likeness (QED) is 0.573. The van der Waals surface area contributed by atoms with E-state index in [4.69, 9.17) is 0 Å². The van der Waals surface area contributed by atoms with Crippen molar-refractivity contribution in [1.29, 1.82) is 0 Å². The summed E-state index contributed by atoms with van der Waals surface area (Å²) in [5.74, 6) is 0.821. The lowest BCUT2D eigenvalue weighted by atomic mass is 10.1. The van der Waals surface area contributed by atoms with E-state index in [0.29, 0.717) is 0 Å². The first kappa shape index (κ1) is 15.9. The van der Waals surface area contributed by atoms with Crippen LogP contribution in [0.2, 0.25) is 0 Å². The zero-order valence-electron chi connectivity index (χ0n) is 11.9. The number of rotatable bonds is 10. The number of nitrogens with zero attached hydrogens (tertiary/aromatic N) is 2. The zero-order valence-corrected chi connectivity index (χ0v) is 11.9. The van der Waals surface area contributed by atoms with E-state index in [2.05, 4.69) is 50.0 Å². The molecular formula is C13H31N3. The largest absolute Gasteiger partial charge is 0.314 e. The Kier molecular flexibility index (Phi) is 9.99. The van der Waals surface area contributed by atoms with Crippen molar-refractivity contribution in [3.05, 3.63) is 0 Å². The lowest BCUT2D eigenvalue weighted by Gasteiger charge is -2.24. The first-order valence-electron chi connectivity index (χ1n) is 6.67. The van der Waals surface area contributed by atoms with Crippen LogP contribution >= 0.6 is 0 Å². The fourth-order valence-electron chi connectivity index (χ4n) is 1.61. The maximum Gasteiger partial charge on any atom is 0.0107 e. The van der Waals surface area contributed by atoms with E-state index in [1.54, 1.807) is 0 Å². The molecule has 0 aliphatic heterocycles. The number of hydrogen-bond donors (Lipinski definition) is 1. The summed E-state index contributed by atoms with van der Waals surface area (Å²) in [6.45, 7) is 13.8. The van der Waals surface area contributed by atoms with Gasteiger partial charge in [0.1, 0.15) is 0 Å². The number of likely N-dealkylation sites (N-methyl/N-ethyl adjacent to an activating group) is 2. The molecule has 1 N–H and O–H groups in total. The monoisotopic (exact) mass is 229 g/mol. The molecule has 0 fully saturated rings. The van der Waals surface area contributed by atoms with E-state index in [0.717, 1.165) is 25.6 Å². The Labute approximate surface area is 102 Å². The molecule has 0 aromatic carbocycles. The lowest BCUT2D eigenvalue weighted by Crippen LogP contribution is -2.36. The van der Waals surface area contributed by atoms with Gasteiger partial charge in [-0.2, -0.15) is 0 Å². The van der Waals surface area contributed by atoms with Gasteiger partial charge in [-0.25, -0.2) is 0 Å². The van der Waals surface area contributed by atoms with Crippen LogP contribution in [-0.2, 0) is 0 Å². The van der Waals surface area contributed by atoms with Crippen molar-refractivity contribution in [2.45, 2.75) is 27.2 Å². The molecule has 98 valence electrons. The van der Waals surface area contributed by atoms with E-state index in [1.807, 2.05) is 0 Å². The van der Waals surface area contributed by atoms with Crippen LogP contribution in [-0.4, -0.2) is 63.2 Å². The summed E-state index contributed by atoms with van der Waals surface area (Å²) in [6, 6.07) is 0. The highest BCUT2D eigenvalue weighted by Gasteiger charge is 2.06. The van der Waals surface area contributed by atoms with Crippen molar-refractivity contribution < 1.29 is 0 Å². The maximum atomic E-state index is 3.49. The standard InChI is InChI=1S/C13H31N3/c1-6-13(3)12-16(7-2)11-9-14-8-10-15(4)5/h13-14H,6-12H2,1-5H3. The van der Waals surface area contributed by atoms with Crippen LogP contribution in [0.15, 0.2) is 0 Å². The van der Waals surface area contributed by atoms with Gasteiger partial charge in [-0.05, 0) is 26.6 Å². The lowest BCUT2D eigenvalue weighted by molar-refractivity contribution is 0.244. The molecule has 0 aromatic heterocycles. The van der Waals surface area contributed by atoms with Crippen molar-refractivity contribution in [3.8, 4) is 0 Å². The van der Waals surface area contributed by atoms with Crippen LogP contribution in [0.1, 0.15) is 27.2 Å². The predicted octanol–water partition coefficient (Wildman–Crippen LogP) is 1.51. The molecular weight excluding hydrogens is 198 g/mol. The van der Waals surface area contributed by atoms with Crippen molar-refractivity contribution in [1.82, 2.24) is 15.1 Å². The minimum Gasteiger partial charge on any atom is -0.314 e. The second-order valence-corrected chi connectivity index (χ2v) is 4.96. The van der Waals surface area contributed by atoms with Gasteiger partial charge in [0.25, 0.3) is 0 Å². The van der Waals surface area contributed by atoms with Crippen LogP contribution < -0.4 is 5.32 Å². The summed E-state index contributed by atoms with van der Waals surface area (Å²) in [7, 11) is 4.23. The molecule has 0 aliphatic rings. The summed E-state index contributed by atoms with van der Waals surface area (Å²) >= 11 is 0. The highest BCUT2D eigenvalue weighted by Crippen LogP contribution is 2.03. The molecule has 1 unspecified atom stereocenters. The van der Waals surface area contributed by atoms with E-state index < -0.39 is 0 Å². The molecule has 0 rings (SSSR count). The molecule has 0 heterocycles. The molecule has 0 saturated carbocycles. The highest BCUT2D eigenvalue weighted by atomic mass is 15.1. The van der Waals surface area contributed by atoms with Gasteiger partial charge in [-0.3, -0.25) is 0 Å². The van der Waals surface area contributed by atoms with E-state index in [9.17, 15) is 0 Å². The Hall–Kier alpha value is -0.120. The van der Waals surface area contributed by atoms with E-state index in [-0.39, 0.29) is 0 Å². The fraction of sp³-hybridized carbons (Fsp3) is 1.00. The predicted molar refractivity (Wildman–Crippen MR) is 73.0 cm³/mol. The number of hydrogen-bond acceptors (Lipinski definition) is 3. The third kappa shape index (κ3) is 9.13. The summed E-state index contributed by atoms with van der Waals surface area (Å²) in [4.78, 5) is 4.75. The molecule has 0 bridgehead atoms. The molecule has 16 heavy (non-hydrogen) atoms. The Bertz CT molecular complexity index is 148. The molecule has 0 radical (unpaired) electrons. The summed E-state index contributed by atoms with van der Waals surface area (Å²) in [5.41, 5.74) is 0. The van der Waals surface area contributed by atoms with E-state index in [1.165, 1.54) is 26.1 Å². The molecule has 0 aliphatic carbocycles. The van der Waals surface area contributed by atoms with Gasteiger partial charge in [-0.15, -0.1) is 0 Å². The van der Waals surface area contributed by atoms with Crippen LogP contribution in [0.3, 0.4) is 0 Å². The first-order valence-corrected chi connectivity index (χ1v) is 6.67. The summed E-state index contributed by atoms with van der Waals surface area (Å²) in [6.07, 6.45) is 1.28. The molecule has 3 nitrogen and oxygen atoms in total. The van der Waals surface area contributed by atoms with Crippen molar-refractivity contribution in [3.63, 3.8) is 0 Å². The second kappa shape index (κ2) is 10.1.